The molecule has 0 amide bonds. The molecule has 0 aromatic carbocycles. The second-order valence-corrected chi connectivity index (χ2v) is 7.34. The van der Waals surface area contributed by atoms with Crippen LogP contribution < -0.4 is 4.74 Å². The van der Waals surface area contributed by atoms with Crippen molar-refractivity contribution in [2.45, 2.75) is 64.4 Å². The fraction of sp³-hybridized carbons (Fsp3) is 0.632. The maximum atomic E-state index is 6.09. The standard InChI is InChI=1S/C19H26N4O3/c1-13-10-23(11-14(2)24-13)12-17-21-18(22-26-17)16-8-5-9-20-19(16)25-15-6-3-4-7-15/h5,8-9,13-15H,3-4,6-7,10-12H2,1-2H3/t13-,14+. The molecule has 0 N–H and O–H groups in total. The van der Waals surface area contributed by atoms with Gasteiger partial charge in [-0.15, -0.1) is 0 Å². The van der Waals surface area contributed by atoms with Crippen LogP contribution in [0.15, 0.2) is 22.9 Å². The largest absolute Gasteiger partial charge is 0.474 e. The third kappa shape index (κ3) is 4.04. The minimum Gasteiger partial charge on any atom is -0.474 e. The molecular formula is C19H26N4O3. The minimum absolute atomic E-state index is 0.214. The zero-order valence-corrected chi connectivity index (χ0v) is 15.4. The molecule has 2 aliphatic rings. The minimum atomic E-state index is 0.214. The number of morpholine rings is 1. The molecule has 0 bridgehead atoms. The van der Waals surface area contributed by atoms with Gasteiger partial charge in [-0.05, 0) is 51.7 Å². The fourth-order valence-corrected chi connectivity index (χ4v) is 3.85. The van der Waals surface area contributed by atoms with Crippen molar-refractivity contribution in [1.29, 1.82) is 0 Å². The van der Waals surface area contributed by atoms with Crippen LogP contribution in [0.25, 0.3) is 11.4 Å². The Balaban J connectivity index is 1.47. The quantitative estimate of drug-likeness (QED) is 0.813. The number of hydrogen-bond donors (Lipinski definition) is 0. The number of rotatable bonds is 5. The van der Waals surface area contributed by atoms with Crippen LogP contribution >= 0.6 is 0 Å². The summed E-state index contributed by atoms with van der Waals surface area (Å²) >= 11 is 0. The lowest BCUT2D eigenvalue weighted by molar-refractivity contribution is -0.0725. The molecule has 3 heterocycles. The Bertz CT molecular complexity index is 719. The van der Waals surface area contributed by atoms with Crippen LogP contribution in [0.1, 0.15) is 45.4 Å². The molecule has 7 nitrogen and oxygen atoms in total. The van der Waals surface area contributed by atoms with E-state index in [4.69, 9.17) is 14.0 Å². The van der Waals surface area contributed by atoms with Gasteiger partial charge in [0.2, 0.25) is 17.6 Å². The Morgan fingerprint density at radius 1 is 1.19 bits per heavy atom. The lowest BCUT2D eigenvalue weighted by Crippen LogP contribution is -2.44. The highest BCUT2D eigenvalue weighted by Gasteiger charge is 2.25. The zero-order chi connectivity index (χ0) is 17.9. The molecule has 1 saturated heterocycles. The van der Waals surface area contributed by atoms with Crippen molar-refractivity contribution in [2.75, 3.05) is 13.1 Å². The van der Waals surface area contributed by atoms with Crippen molar-refractivity contribution in [3.8, 4) is 17.3 Å². The van der Waals surface area contributed by atoms with Crippen molar-refractivity contribution >= 4 is 0 Å². The molecule has 0 radical (unpaired) electrons. The van der Waals surface area contributed by atoms with Crippen molar-refractivity contribution in [3.05, 3.63) is 24.2 Å². The smallest absolute Gasteiger partial charge is 0.241 e. The molecule has 4 rings (SSSR count). The van der Waals surface area contributed by atoms with E-state index < -0.39 is 0 Å². The molecule has 2 aromatic rings. The van der Waals surface area contributed by atoms with Crippen LogP contribution in [0, 0.1) is 0 Å². The van der Waals surface area contributed by atoms with E-state index in [2.05, 4.69) is 33.9 Å². The van der Waals surface area contributed by atoms with Crippen LogP contribution in [-0.2, 0) is 11.3 Å². The Morgan fingerprint density at radius 3 is 2.73 bits per heavy atom. The summed E-state index contributed by atoms with van der Waals surface area (Å²) < 4.78 is 17.4. The highest BCUT2D eigenvalue weighted by Crippen LogP contribution is 2.30. The van der Waals surface area contributed by atoms with Crippen molar-refractivity contribution in [1.82, 2.24) is 20.0 Å². The first-order chi connectivity index (χ1) is 12.7. The summed E-state index contributed by atoms with van der Waals surface area (Å²) in [5.41, 5.74) is 0.790. The number of pyridine rings is 1. The Morgan fingerprint density at radius 2 is 1.96 bits per heavy atom. The molecule has 1 aliphatic carbocycles. The third-order valence-electron chi connectivity index (χ3n) is 4.91. The van der Waals surface area contributed by atoms with Gasteiger partial charge < -0.3 is 14.0 Å². The predicted octanol–water partition coefficient (Wildman–Crippen LogP) is 3.06. The normalized spacial score (nSPS) is 24.8. The van der Waals surface area contributed by atoms with Gasteiger partial charge in [0.05, 0.1) is 24.3 Å². The van der Waals surface area contributed by atoms with Gasteiger partial charge in [0.15, 0.2) is 0 Å². The van der Waals surface area contributed by atoms with Gasteiger partial charge in [-0.25, -0.2) is 4.98 Å². The van der Waals surface area contributed by atoms with E-state index in [1.54, 1.807) is 6.20 Å². The maximum Gasteiger partial charge on any atom is 0.241 e. The van der Waals surface area contributed by atoms with E-state index in [9.17, 15) is 0 Å². The van der Waals surface area contributed by atoms with Gasteiger partial charge in [-0.3, -0.25) is 4.90 Å². The third-order valence-corrected chi connectivity index (χ3v) is 4.91. The molecule has 1 saturated carbocycles. The molecule has 26 heavy (non-hydrogen) atoms. The van der Waals surface area contributed by atoms with Gasteiger partial charge >= 0.3 is 0 Å². The van der Waals surface area contributed by atoms with Crippen LogP contribution in [-0.4, -0.2) is 51.4 Å². The second kappa shape index (κ2) is 7.72. The summed E-state index contributed by atoms with van der Waals surface area (Å²) in [6, 6.07) is 3.81. The van der Waals surface area contributed by atoms with Gasteiger partial charge in [0, 0.05) is 19.3 Å². The lowest BCUT2D eigenvalue weighted by atomic mass is 10.2. The van der Waals surface area contributed by atoms with Crippen LogP contribution in [0.4, 0.5) is 0 Å². The molecule has 140 valence electrons. The second-order valence-electron chi connectivity index (χ2n) is 7.34. The molecule has 2 fully saturated rings. The number of aromatic nitrogens is 3. The number of nitrogens with zero attached hydrogens (tertiary/aromatic N) is 4. The molecule has 0 unspecified atom stereocenters. The topological polar surface area (TPSA) is 73.5 Å². The molecule has 0 spiro atoms. The summed E-state index contributed by atoms with van der Waals surface area (Å²) in [5.74, 6) is 1.74. The summed E-state index contributed by atoms with van der Waals surface area (Å²) in [6.07, 6.45) is 7.02. The maximum absolute atomic E-state index is 6.09. The van der Waals surface area contributed by atoms with Crippen molar-refractivity contribution in [3.63, 3.8) is 0 Å². The molecular weight excluding hydrogens is 332 g/mol. The number of hydrogen-bond acceptors (Lipinski definition) is 7. The van der Waals surface area contributed by atoms with Gasteiger partial charge in [-0.2, -0.15) is 4.98 Å². The highest BCUT2D eigenvalue weighted by molar-refractivity contribution is 5.60. The SMILES string of the molecule is C[C@@H]1CN(Cc2nc(-c3cccnc3OC3CCCC3)no2)C[C@H](C)O1. The Labute approximate surface area is 153 Å². The monoisotopic (exact) mass is 358 g/mol. The average molecular weight is 358 g/mol. The van der Waals surface area contributed by atoms with E-state index in [1.165, 1.54) is 12.8 Å². The van der Waals surface area contributed by atoms with Crippen molar-refractivity contribution in [2.24, 2.45) is 0 Å². The van der Waals surface area contributed by atoms with E-state index >= 15 is 0 Å². The summed E-state index contributed by atoms with van der Waals surface area (Å²) in [5, 5.41) is 4.16. The first kappa shape index (κ1) is 17.4. The van der Waals surface area contributed by atoms with Gasteiger partial charge in [0.1, 0.15) is 6.10 Å². The molecule has 2 aromatic heterocycles. The number of ether oxygens (including phenoxy) is 2. The van der Waals surface area contributed by atoms with Crippen molar-refractivity contribution < 1.29 is 14.0 Å². The van der Waals surface area contributed by atoms with Gasteiger partial charge in [-0.1, -0.05) is 5.16 Å². The van der Waals surface area contributed by atoms with E-state index in [0.29, 0.717) is 24.1 Å². The van der Waals surface area contributed by atoms with E-state index in [1.807, 2.05) is 12.1 Å². The molecule has 7 heteroatoms. The summed E-state index contributed by atoms with van der Waals surface area (Å²) in [7, 11) is 0. The highest BCUT2D eigenvalue weighted by atomic mass is 16.5. The average Bonchev–Trinajstić information content (AvgIpc) is 3.26. The van der Waals surface area contributed by atoms with Crippen LogP contribution in [0.5, 0.6) is 5.88 Å². The summed E-state index contributed by atoms with van der Waals surface area (Å²) in [6.45, 7) is 6.54. The van der Waals surface area contributed by atoms with Gasteiger partial charge in [0.25, 0.3) is 0 Å². The molecule has 2 atom stereocenters. The Kier molecular flexibility index (Phi) is 5.17. The fourth-order valence-electron chi connectivity index (χ4n) is 3.85. The summed E-state index contributed by atoms with van der Waals surface area (Å²) in [4.78, 5) is 11.3. The predicted molar refractivity (Wildman–Crippen MR) is 95.7 cm³/mol. The van der Waals surface area contributed by atoms with Crippen LogP contribution in [0.2, 0.25) is 0 Å². The lowest BCUT2D eigenvalue weighted by Gasteiger charge is -2.34. The van der Waals surface area contributed by atoms with E-state index in [-0.39, 0.29) is 18.3 Å². The Hall–Kier alpha value is -1.99. The van der Waals surface area contributed by atoms with E-state index in [0.717, 1.165) is 31.5 Å². The van der Waals surface area contributed by atoms with Crippen LogP contribution in [0.3, 0.4) is 0 Å². The first-order valence-electron chi connectivity index (χ1n) is 9.50. The zero-order valence-electron chi connectivity index (χ0n) is 15.4. The molecule has 1 aliphatic heterocycles. The first-order valence-corrected chi connectivity index (χ1v) is 9.50.